The van der Waals surface area contributed by atoms with Crippen LogP contribution in [0.15, 0.2) is 46.9 Å². The van der Waals surface area contributed by atoms with Crippen molar-refractivity contribution in [2.24, 2.45) is 0 Å². The van der Waals surface area contributed by atoms with E-state index in [2.05, 4.69) is 0 Å². The number of Topliss-reactive ketones (excluding diaryl/α,β-unsaturated/α-hetero) is 1. The lowest BCUT2D eigenvalue weighted by Crippen LogP contribution is -2.19. The highest BCUT2D eigenvalue weighted by atomic mass is 16.5. The minimum absolute atomic E-state index is 0.0784. The molecule has 1 fully saturated rings. The maximum Gasteiger partial charge on any atom is 0.191 e. The molecular weight excluding hydrogens is 252 g/mol. The maximum atomic E-state index is 12.4. The highest BCUT2D eigenvalue weighted by Gasteiger charge is 2.25. The Bertz CT molecular complexity index is 794. The van der Waals surface area contributed by atoms with Crippen LogP contribution in [-0.2, 0) is 4.74 Å². The van der Waals surface area contributed by atoms with Gasteiger partial charge in [0.1, 0.15) is 17.3 Å². The molecule has 1 saturated heterocycles. The lowest BCUT2D eigenvalue weighted by atomic mass is 10.0. The SMILES string of the molecule is O=C(c1ccc2oc3ccccc3c2c1)C1CCCO1. The van der Waals surface area contributed by atoms with Crippen molar-refractivity contribution >= 4 is 27.7 Å². The average molecular weight is 266 g/mol. The molecule has 0 saturated carbocycles. The summed E-state index contributed by atoms with van der Waals surface area (Å²) in [7, 11) is 0. The van der Waals surface area contributed by atoms with Crippen LogP contribution in [0.1, 0.15) is 23.2 Å². The summed E-state index contributed by atoms with van der Waals surface area (Å²) in [4.78, 5) is 12.4. The molecule has 20 heavy (non-hydrogen) atoms. The molecule has 0 radical (unpaired) electrons. The minimum Gasteiger partial charge on any atom is -0.456 e. The highest BCUT2D eigenvalue weighted by Crippen LogP contribution is 2.30. The number of carbonyl (C=O) groups is 1. The predicted molar refractivity (Wildman–Crippen MR) is 77.0 cm³/mol. The zero-order chi connectivity index (χ0) is 13.5. The molecule has 1 aromatic heterocycles. The number of rotatable bonds is 2. The largest absolute Gasteiger partial charge is 0.456 e. The van der Waals surface area contributed by atoms with Gasteiger partial charge in [0.2, 0.25) is 0 Å². The van der Waals surface area contributed by atoms with Crippen molar-refractivity contribution in [3.63, 3.8) is 0 Å². The fraction of sp³-hybridized carbons (Fsp3) is 0.235. The number of benzene rings is 2. The van der Waals surface area contributed by atoms with Gasteiger partial charge in [-0.1, -0.05) is 18.2 Å². The first kappa shape index (κ1) is 11.7. The fourth-order valence-electron chi connectivity index (χ4n) is 2.85. The van der Waals surface area contributed by atoms with Crippen LogP contribution in [0.2, 0.25) is 0 Å². The van der Waals surface area contributed by atoms with E-state index in [0.717, 1.165) is 34.8 Å². The molecule has 0 amide bonds. The van der Waals surface area contributed by atoms with Crippen molar-refractivity contribution < 1.29 is 13.9 Å². The van der Waals surface area contributed by atoms with Crippen LogP contribution >= 0.6 is 0 Å². The van der Waals surface area contributed by atoms with Crippen molar-refractivity contribution in [1.82, 2.24) is 0 Å². The molecule has 100 valence electrons. The Morgan fingerprint density at radius 2 is 1.90 bits per heavy atom. The lowest BCUT2D eigenvalue weighted by Gasteiger charge is -2.07. The maximum absolute atomic E-state index is 12.4. The molecule has 0 bridgehead atoms. The van der Waals surface area contributed by atoms with Gasteiger partial charge in [0.05, 0.1) is 0 Å². The zero-order valence-electron chi connectivity index (χ0n) is 11.0. The Balaban J connectivity index is 1.85. The van der Waals surface area contributed by atoms with Crippen LogP contribution < -0.4 is 0 Å². The quantitative estimate of drug-likeness (QED) is 0.659. The van der Waals surface area contributed by atoms with Crippen LogP contribution in [0.25, 0.3) is 21.9 Å². The van der Waals surface area contributed by atoms with E-state index in [0.29, 0.717) is 12.2 Å². The Kier molecular flexibility index (Phi) is 2.60. The number of hydrogen-bond donors (Lipinski definition) is 0. The molecule has 1 aliphatic heterocycles. The summed E-state index contributed by atoms with van der Waals surface area (Å²) >= 11 is 0. The predicted octanol–water partition coefficient (Wildman–Crippen LogP) is 3.95. The van der Waals surface area contributed by atoms with Gasteiger partial charge in [0.25, 0.3) is 0 Å². The van der Waals surface area contributed by atoms with E-state index in [1.54, 1.807) is 0 Å². The summed E-state index contributed by atoms with van der Waals surface area (Å²) in [5.74, 6) is 0.0784. The average Bonchev–Trinajstić information content (AvgIpc) is 3.13. The van der Waals surface area contributed by atoms with Gasteiger partial charge in [-0.25, -0.2) is 0 Å². The smallest absolute Gasteiger partial charge is 0.191 e. The first-order valence-electron chi connectivity index (χ1n) is 6.90. The molecule has 0 aliphatic carbocycles. The molecule has 2 aromatic carbocycles. The molecule has 0 spiro atoms. The van der Waals surface area contributed by atoms with E-state index in [-0.39, 0.29) is 11.9 Å². The number of carbonyl (C=O) groups excluding carboxylic acids is 1. The third-order valence-corrected chi connectivity index (χ3v) is 3.88. The van der Waals surface area contributed by atoms with E-state index in [4.69, 9.17) is 9.15 Å². The second-order valence-corrected chi connectivity index (χ2v) is 5.18. The van der Waals surface area contributed by atoms with Crippen LogP contribution in [0.4, 0.5) is 0 Å². The summed E-state index contributed by atoms with van der Waals surface area (Å²) in [5.41, 5.74) is 2.37. The molecule has 3 aromatic rings. The highest BCUT2D eigenvalue weighted by molar-refractivity contribution is 6.09. The van der Waals surface area contributed by atoms with Gasteiger partial charge in [-0.05, 0) is 37.1 Å². The van der Waals surface area contributed by atoms with Gasteiger partial charge < -0.3 is 9.15 Å². The minimum atomic E-state index is -0.273. The van der Waals surface area contributed by atoms with E-state index >= 15 is 0 Å². The summed E-state index contributed by atoms with van der Waals surface area (Å²) in [6.45, 7) is 0.688. The van der Waals surface area contributed by atoms with Crippen molar-refractivity contribution in [3.8, 4) is 0 Å². The van der Waals surface area contributed by atoms with E-state index < -0.39 is 0 Å². The van der Waals surface area contributed by atoms with Gasteiger partial charge >= 0.3 is 0 Å². The third kappa shape index (κ3) is 1.74. The van der Waals surface area contributed by atoms with Crippen LogP contribution in [-0.4, -0.2) is 18.5 Å². The van der Waals surface area contributed by atoms with Gasteiger partial charge in [0, 0.05) is 22.9 Å². The van der Waals surface area contributed by atoms with Crippen molar-refractivity contribution in [2.75, 3.05) is 6.61 Å². The monoisotopic (exact) mass is 266 g/mol. The van der Waals surface area contributed by atoms with Crippen molar-refractivity contribution in [1.29, 1.82) is 0 Å². The summed E-state index contributed by atoms with van der Waals surface area (Å²) in [6.07, 6.45) is 1.52. The molecule has 3 heteroatoms. The molecule has 0 N–H and O–H groups in total. The third-order valence-electron chi connectivity index (χ3n) is 3.88. The number of ether oxygens (including phenoxy) is 1. The van der Waals surface area contributed by atoms with E-state index in [1.165, 1.54) is 0 Å². The van der Waals surface area contributed by atoms with E-state index in [1.807, 2.05) is 42.5 Å². The van der Waals surface area contributed by atoms with E-state index in [9.17, 15) is 4.79 Å². The summed E-state index contributed by atoms with van der Waals surface area (Å²) in [5, 5.41) is 2.04. The van der Waals surface area contributed by atoms with Gasteiger partial charge in [-0.2, -0.15) is 0 Å². The lowest BCUT2D eigenvalue weighted by molar-refractivity contribution is 0.0643. The number of ketones is 1. The molecule has 3 nitrogen and oxygen atoms in total. The second kappa shape index (κ2) is 4.46. The number of hydrogen-bond acceptors (Lipinski definition) is 3. The van der Waals surface area contributed by atoms with Crippen LogP contribution in [0.5, 0.6) is 0 Å². The van der Waals surface area contributed by atoms with Gasteiger partial charge in [-0.3, -0.25) is 4.79 Å². The van der Waals surface area contributed by atoms with Crippen LogP contribution in [0.3, 0.4) is 0 Å². The molecule has 1 aliphatic rings. The molecule has 4 rings (SSSR count). The summed E-state index contributed by atoms with van der Waals surface area (Å²) < 4.78 is 11.2. The molecule has 1 unspecified atom stereocenters. The van der Waals surface area contributed by atoms with Crippen LogP contribution in [0, 0.1) is 0 Å². The molecule has 2 heterocycles. The Morgan fingerprint density at radius 3 is 2.75 bits per heavy atom. The first-order chi connectivity index (χ1) is 9.83. The zero-order valence-corrected chi connectivity index (χ0v) is 11.0. The fourth-order valence-corrected chi connectivity index (χ4v) is 2.85. The Morgan fingerprint density at radius 1 is 1.05 bits per heavy atom. The van der Waals surface area contributed by atoms with Crippen molar-refractivity contribution in [3.05, 3.63) is 48.0 Å². The number of para-hydroxylation sites is 1. The molecule has 1 atom stereocenters. The number of fused-ring (bicyclic) bond motifs is 3. The standard InChI is InChI=1S/C17H14O3/c18-17(16-6-3-9-19-16)11-7-8-15-13(10-11)12-4-1-2-5-14(12)20-15/h1-2,4-5,7-8,10,16H,3,6,9H2. The normalized spacial score (nSPS) is 18.9. The van der Waals surface area contributed by atoms with Gasteiger partial charge in [-0.15, -0.1) is 0 Å². The Hall–Kier alpha value is -2.13. The number of furan rings is 1. The summed E-state index contributed by atoms with van der Waals surface area (Å²) in [6, 6.07) is 13.5. The van der Waals surface area contributed by atoms with Gasteiger partial charge in [0.15, 0.2) is 5.78 Å². The second-order valence-electron chi connectivity index (χ2n) is 5.18. The molecular formula is C17H14O3. The topological polar surface area (TPSA) is 39.4 Å². The Labute approximate surface area is 116 Å². The van der Waals surface area contributed by atoms with Crippen molar-refractivity contribution in [2.45, 2.75) is 18.9 Å². The first-order valence-corrected chi connectivity index (χ1v) is 6.90.